The van der Waals surface area contributed by atoms with Gasteiger partial charge in [-0.15, -0.1) is 0 Å². The highest BCUT2D eigenvalue weighted by Crippen LogP contribution is 2.29. The largest absolute Gasteiger partial charge is 0.508 e. The third-order valence-electron chi connectivity index (χ3n) is 4.87. The molecule has 1 aromatic carbocycles. The van der Waals surface area contributed by atoms with E-state index in [9.17, 15) is 34.2 Å². The minimum absolute atomic E-state index is 0.0751. The Hall–Kier alpha value is -3.83. The molecule has 0 bridgehead atoms. The fourth-order valence-corrected chi connectivity index (χ4v) is 3.21. The van der Waals surface area contributed by atoms with E-state index in [1.54, 1.807) is 6.92 Å². The standard InChI is InChI=1S/C18H21N5O7/c1-2-21-5-6-22(17(28)16(21)27)23(18(29)30)13-8-11(24)4-3-10(13)7-14(25)20-12-9-19-15(12)26/h3-4,8,12,24H,2,5-7,9H2,1H3,(H,19,26)(H,20,25)(H,29,30). The molecule has 0 saturated carbocycles. The normalized spacial score (nSPS) is 18.6. The number of amides is 5. The Morgan fingerprint density at radius 2 is 1.97 bits per heavy atom. The lowest BCUT2D eigenvalue weighted by atomic mass is 10.1. The number of hydrogen-bond acceptors (Lipinski definition) is 6. The second kappa shape index (κ2) is 8.27. The highest BCUT2D eigenvalue weighted by Gasteiger charge is 2.39. The molecule has 5 amide bonds. The molecule has 0 aromatic heterocycles. The fourth-order valence-electron chi connectivity index (χ4n) is 3.21. The van der Waals surface area contributed by atoms with Crippen molar-refractivity contribution in [1.29, 1.82) is 0 Å². The Labute approximate surface area is 171 Å². The lowest BCUT2D eigenvalue weighted by molar-refractivity contribution is -0.156. The van der Waals surface area contributed by atoms with Crippen molar-refractivity contribution in [1.82, 2.24) is 20.5 Å². The Balaban J connectivity index is 1.89. The fraction of sp³-hybridized carbons (Fsp3) is 0.389. The maximum absolute atomic E-state index is 12.5. The minimum Gasteiger partial charge on any atom is -0.508 e. The topological polar surface area (TPSA) is 160 Å². The molecule has 12 heteroatoms. The molecule has 2 heterocycles. The number of hydrogen-bond donors (Lipinski definition) is 4. The summed E-state index contributed by atoms with van der Waals surface area (Å²) in [6.45, 7) is 2.36. The van der Waals surface area contributed by atoms with E-state index in [-0.39, 0.29) is 42.4 Å². The molecule has 0 radical (unpaired) electrons. The van der Waals surface area contributed by atoms with E-state index in [4.69, 9.17) is 0 Å². The maximum atomic E-state index is 12.5. The summed E-state index contributed by atoms with van der Waals surface area (Å²) in [7, 11) is 0. The highest BCUT2D eigenvalue weighted by molar-refractivity contribution is 6.36. The van der Waals surface area contributed by atoms with E-state index in [1.807, 2.05) is 0 Å². The van der Waals surface area contributed by atoms with E-state index < -0.39 is 29.9 Å². The number of carboxylic acid groups (broad SMARTS) is 1. The van der Waals surface area contributed by atoms with E-state index in [0.717, 1.165) is 11.1 Å². The van der Waals surface area contributed by atoms with Gasteiger partial charge in [0.2, 0.25) is 11.8 Å². The average Bonchev–Trinajstić information content (AvgIpc) is 2.70. The van der Waals surface area contributed by atoms with Gasteiger partial charge in [0.1, 0.15) is 11.8 Å². The third-order valence-corrected chi connectivity index (χ3v) is 4.87. The van der Waals surface area contributed by atoms with Crippen LogP contribution in [0.5, 0.6) is 5.75 Å². The van der Waals surface area contributed by atoms with Gasteiger partial charge in [0.15, 0.2) is 0 Å². The lowest BCUT2D eigenvalue weighted by Gasteiger charge is -2.38. The summed E-state index contributed by atoms with van der Waals surface area (Å²) in [4.78, 5) is 61.6. The lowest BCUT2D eigenvalue weighted by Crippen LogP contribution is -2.62. The van der Waals surface area contributed by atoms with Crippen molar-refractivity contribution in [3.05, 3.63) is 23.8 Å². The molecule has 30 heavy (non-hydrogen) atoms. The molecule has 2 aliphatic rings. The van der Waals surface area contributed by atoms with Gasteiger partial charge in [-0.05, 0) is 18.6 Å². The Morgan fingerprint density at radius 1 is 1.23 bits per heavy atom. The van der Waals surface area contributed by atoms with Crippen molar-refractivity contribution >= 4 is 35.4 Å². The molecule has 1 unspecified atom stereocenters. The predicted molar refractivity (Wildman–Crippen MR) is 101 cm³/mol. The molecule has 2 saturated heterocycles. The second-order valence-corrected chi connectivity index (χ2v) is 6.76. The molecular weight excluding hydrogens is 398 g/mol. The minimum atomic E-state index is -1.56. The van der Waals surface area contributed by atoms with Crippen molar-refractivity contribution in [2.45, 2.75) is 19.4 Å². The predicted octanol–water partition coefficient (Wildman–Crippen LogP) is -1.36. The smallest absolute Gasteiger partial charge is 0.431 e. The van der Waals surface area contributed by atoms with Gasteiger partial charge in [-0.2, -0.15) is 5.01 Å². The van der Waals surface area contributed by atoms with Gasteiger partial charge in [0.05, 0.1) is 18.7 Å². The highest BCUT2D eigenvalue weighted by atomic mass is 16.4. The number of phenolic OH excluding ortho intramolecular Hbond substituents is 1. The van der Waals surface area contributed by atoms with Crippen LogP contribution in [0.15, 0.2) is 18.2 Å². The quantitative estimate of drug-likeness (QED) is 0.327. The van der Waals surface area contributed by atoms with Gasteiger partial charge in [0.25, 0.3) is 0 Å². The van der Waals surface area contributed by atoms with Gasteiger partial charge in [-0.3, -0.25) is 19.2 Å². The number of benzene rings is 1. The van der Waals surface area contributed by atoms with Crippen LogP contribution in [0.2, 0.25) is 0 Å². The van der Waals surface area contributed by atoms with Gasteiger partial charge in [-0.25, -0.2) is 9.80 Å². The number of nitrogens with zero attached hydrogens (tertiary/aromatic N) is 3. The first-order chi connectivity index (χ1) is 14.2. The molecule has 0 spiro atoms. The Kier molecular flexibility index (Phi) is 5.76. The van der Waals surface area contributed by atoms with Crippen LogP contribution >= 0.6 is 0 Å². The van der Waals surface area contributed by atoms with Gasteiger partial charge < -0.3 is 25.7 Å². The van der Waals surface area contributed by atoms with Crippen molar-refractivity contribution in [2.24, 2.45) is 0 Å². The monoisotopic (exact) mass is 419 g/mol. The SMILES string of the molecule is CCN1CCN(N(C(=O)O)c2cc(O)ccc2CC(=O)NC2CNC2=O)C(=O)C1=O. The summed E-state index contributed by atoms with van der Waals surface area (Å²) in [6, 6.07) is 3.05. The van der Waals surface area contributed by atoms with E-state index >= 15 is 0 Å². The molecule has 0 aliphatic carbocycles. The first kappa shape index (κ1) is 20.9. The number of anilines is 1. The molecule has 1 atom stereocenters. The van der Waals surface area contributed by atoms with Crippen LogP contribution in [0.1, 0.15) is 12.5 Å². The Morgan fingerprint density at radius 3 is 2.53 bits per heavy atom. The van der Waals surface area contributed by atoms with Gasteiger partial charge in [0, 0.05) is 25.7 Å². The summed E-state index contributed by atoms with van der Waals surface area (Å²) in [5, 5.41) is 26.0. The zero-order chi connectivity index (χ0) is 22.0. The average molecular weight is 419 g/mol. The van der Waals surface area contributed by atoms with E-state index in [2.05, 4.69) is 10.6 Å². The summed E-state index contributed by atoms with van der Waals surface area (Å²) in [5.74, 6) is -3.02. The Bertz CT molecular complexity index is 918. The second-order valence-electron chi connectivity index (χ2n) is 6.76. The first-order valence-electron chi connectivity index (χ1n) is 9.25. The van der Waals surface area contributed by atoms with E-state index in [1.165, 1.54) is 17.0 Å². The molecule has 1 aromatic rings. The molecule has 2 aliphatic heterocycles. The molecule has 12 nitrogen and oxygen atoms in total. The van der Waals surface area contributed by atoms with Crippen LogP contribution < -0.4 is 15.6 Å². The van der Waals surface area contributed by atoms with Crippen LogP contribution in [0, 0.1) is 0 Å². The van der Waals surface area contributed by atoms with Crippen LogP contribution in [-0.4, -0.2) is 82.1 Å². The number of hydrazine groups is 1. The van der Waals surface area contributed by atoms with E-state index in [0.29, 0.717) is 18.1 Å². The van der Waals surface area contributed by atoms with Gasteiger partial charge >= 0.3 is 17.9 Å². The molecule has 3 rings (SSSR count). The number of likely N-dealkylation sites (N-methyl/N-ethyl adjacent to an activating group) is 1. The van der Waals surface area contributed by atoms with Crippen molar-refractivity contribution in [2.75, 3.05) is 31.2 Å². The summed E-state index contributed by atoms with van der Waals surface area (Å²) >= 11 is 0. The number of β-lactam (4-membered cyclic amide) rings is 1. The molecule has 4 N–H and O–H groups in total. The summed E-state index contributed by atoms with van der Waals surface area (Å²) < 4.78 is 0. The van der Waals surface area contributed by atoms with Crippen molar-refractivity contribution < 1.29 is 34.2 Å². The molecular formula is C18H21N5O7. The number of nitrogens with one attached hydrogen (secondary N) is 2. The number of piperazine rings is 1. The summed E-state index contributed by atoms with van der Waals surface area (Å²) in [6.07, 6.45) is -1.87. The molecule has 2 fully saturated rings. The number of phenols is 1. The zero-order valence-corrected chi connectivity index (χ0v) is 16.1. The van der Waals surface area contributed by atoms with Crippen molar-refractivity contribution in [3.63, 3.8) is 0 Å². The van der Waals surface area contributed by atoms with Crippen molar-refractivity contribution in [3.8, 4) is 5.75 Å². The van der Waals surface area contributed by atoms with Crippen LogP contribution in [0.4, 0.5) is 10.5 Å². The van der Waals surface area contributed by atoms with Crippen LogP contribution in [0.3, 0.4) is 0 Å². The van der Waals surface area contributed by atoms with Gasteiger partial charge in [-0.1, -0.05) is 6.07 Å². The zero-order valence-electron chi connectivity index (χ0n) is 16.1. The number of carbonyl (C=O) groups is 5. The number of carbonyl (C=O) groups excluding carboxylic acids is 4. The summed E-state index contributed by atoms with van der Waals surface area (Å²) in [5.41, 5.74) is 0.0485. The van der Waals surface area contributed by atoms with Crippen LogP contribution in [-0.2, 0) is 25.6 Å². The molecule has 160 valence electrons. The first-order valence-corrected chi connectivity index (χ1v) is 9.25. The maximum Gasteiger partial charge on any atom is 0.431 e. The number of aromatic hydroxyl groups is 1. The number of rotatable bonds is 6. The van der Waals surface area contributed by atoms with Crippen LogP contribution in [0.25, 0.3) is 0 Å². The third kappa shape index (κ3) is 3.97.